The molecule has 2 amide bonds. The summed E-state index contributed by atoms with van der Waals surface area (Å²) in [5, 5.41) is 2.78. The van der Waals surface area contributed by atoms with Crippen molar-refractivity contribution < 1.29 is 19.1 Å². The molecule has 0 aliphatic carbocycles. The summed E-state index contributed by atoms with van der Waals surface area (Å²) in [4.78, 5) is 23.2. The average Bonchev–Trinajstić information content (AvgIpc) is 2.92. The third kappa shape index (κ3) is 4.33. The quantitative estimate of drug-likeness (QED) is 0.710. The van der Waals surface area contributed by atoms with E-state index in [-0.39, 0.29) is 0 Å². The number of benzene rings is 2. The highest BCUT2D eigenvalue weighted by Gasteiger charge is 2.25. The number of thioether (sulfide) groups is 1. The van der Waals surface area contributed by atoms with Crippen LogP contribution in [0.1, 0.15) is 11.1 Å². The highest BCUT2D eigenvalue weighted by atomic mass is 35.5. The summed E-state index contributed by atoms with van der Waals surface area (Å²) in [6.07, 6.45) is 1.57. The van der Waals surface area contributed by atoms with Gasteiger partial charge in [0.1, 0.15) is 6.61 Å². The molecule has 1 heterocycles. The van der Waals surface area contributed by atoms with Gasteiger partial charge in [-0.2, -0.15) is 0 Å². The Hall–Kier alpha value is -2.15. The maximum atomic E-state index is 11.7. The van der Waals surface area contributed by atoms with E-state index in [1.54, 1.807) is 30.3 Å². The molecule has 0 spiro atoms. The molecule has 0 radical (unpaired) electrons. The standard InChI is InChI=1S/C18H13Cl2NO4S/c1-24-14-7-11(8-15-17(22)21-18(23)26-15)6-13(20)16(14)25-9-10-2-4-12(19)5-3-10/h2-8H,9H2,1H3,(H,21,22,23)/b15-8-. The number of halogens is 2. The predicted octanol–water partition coefficient (Wildman–Crippen LogP) is 4.90. The van der Waals surface area contributed by atoms with Crippen LogP contribution in [-0.4, -0.2) is 18.3 Å². The zero-order chi connectivity index (χ0) is 18.7. The van der Waals surface area contributed by atoms with Crippen LogP contribution in [0.5, 0.6) is 11.5 Å². The van der Waals surface area contributed by atoms with E-state index in [1.807, 2.05) is 12.1 Å². The van der Waals surface area contributed by atoms with Gasteiger partial charge in [-0.15, -0.1) is 0 Å². The van der Waals surface area contributed by atoms with Crippen molar-refractivity contribution in [1.82, 2.24) is 5.32 Å². The Kier molecular flexibility index (Phi) is 5.76. The van der Waals surface area contributed by atoms with Gasteiger partial charge in [-0.1, -0.05) is 35.3 Å². The Balaban J connectivity index is 1.83. The monoisotopic (exact) mass is 409 g/mol. The van der Waals surface area contributed by atoms with Gasteiger partial charge in [-0.3, -0.25) is 14.9 Å². The molecular weight excluding hydrogens is 397 g/mol. The lowest BCUT2D eigenvalue weighted by Gasteiger charge is -2.13. The first-order valence-electron chi connectivity index (χ1n) is 7.46. The maximum Gasteiger partial charge on any atom is 0.290 e. The van der Waals surface area contributed by atoms with Gasteiger partial charge in [0.05, 0.1) is 17.0 Å². The van der Waals surface area contributed by atoms with Crippen LogP contribution in [0.2, 0.25) is 10.0 Å². The van der Waals surface area contributed by atoms with Crippen LogP contribution in [0.3, 0.4) is 0 Å². The number of carbonyl (C=O) groups excluding carboxylic acids is 2. The molecule has 1 saturated heterocycles. The fourth-order valence-electron chi connectivity index (χ4n) is 2.27. The van der Waals surface area contributed by atoms with E-state index in [1.165, 1.54) is 7.11 Å². The van der Waals surface area contributed by atoms with Gasteiger partial charge in [0.2, 0.25) is 0 Å². The summed E-state index contributed by atoms with van der Waals surface area (Å²) in [5.41, 5.74) is 1.55. The van der Waals surface area contributed by atoms with Crippen LogP contribution in [0.4, 0.5) is 4.79 Å². The Morgan fingerprint density at radius 3 is 2.50 bits per heavy atom. The van der Waals surface area contributed by atoms with Crippen LogP contribution < -0.4 is 14.8 Å². The Labute approximate surface area is 164 Å². The highest BCUT2D eigenvalue weighted by molar-refractivity contribution is 8.18. The lowest BCUT2D eigenvalue weighted by atomic mass is 10.1. The smallest absolute Gasteiger partial charge is 0.290 e. The zero-order valence-electron chi connectivity index (χ0n) is 13.5. The van der Waals surface area contributed by atoms with E-state index in [9.17, 15) is 9.59 Å². The Bertz CT molecular complexity index is 897. The lowest BCUT2D eigenvalue weighted by Crippen LogP contribution is -2.17. The van der Waals surface area contributed by atoms with E-state index in [0.717, 1.165) is 17.3 Å². The molecule has 2 aromatic carbocycles. The molecular formula is C18H13Cl2NO4S. The minimum Gasteiger partial charge on any atom is -0.493 e. The van der Waals surface area contributed by atoms with Crippen LogP contribution in [0, 0.1) is 0 Å². The summed E-state index contributed by atoms with van der Waals surface area (Å²) in [7, 11) is 1.50. The third-order valence-electron chi connectivity index (χ3n) is 3.49. The van der Waals surface area contributed by atoms with Gasteiger partial charge in [0.25, 0.3) is 11.1 Å². The van der Waals surface area contributed by atoms with E-state index < -0.39 is 11.1 Å². The number of nitrogens with one attached hydrogen (secondary N) is 1. The first kappa shape index (κ1) is 18.6. The van der Waals surface area contributed by atoms with Gasteiger partial charge < -0.3 is 9.47 Å². The molecule has 5 nitrogen and oxygen atoms in total. The van der Waals surface area contributed by atoms with E-state index >= 15 is 0 Å². The molecule has 0 unspecified atom stereocenters. The molecule has 0 saturated carbocycles. The van der Waals surface area contributed by atoms with Crippen molar-refractivity contribution in [2.45, 2.75) is 6.61 Å². The number of rotatable bonds is 5. The zero-order valence-corrected chi connectivity index (χ0v) is 15.9. The van der Waals surface area contributed by atoms with E-state index in [0.29, 0.717) is 38.6 Å². The molecule has 26 heavy (non-hydrogen) atoms. The fourth-order valence-corrected chi connectivity index (χ4v) is 3.35. The van der Waals surface area contributed by atoms with Gasteiger partial charge >= 0.3 is 0 Å². The number of hydrogen-bond acceptors (Lipinski definition) is 5. The molecule has 0 atom stereocenters. The van der Waals surface area contributed by atoms with Gasteiger partial charge in [0, 0.05) is 5.02 Å². The van der Waals surface area contributed by atoms with Crippen molar-refractivity contribution in [2.75, 3.05) is 7.11 Å². The molecule has 2 aromatic rings. The first-order chi connectivity index (χ1) is 12.5. The van der Waals surface area contributed by atoms with Gasteiger partial charge in [-0.25, -0.2) is 0 Å². The van der Waals surface area contributed by atoms with Gasteiger partial charge in [-0.05, 0) is 53.2 Å². The highest BCUT2D eigenvalue weighted by Crippen LogP contribution is 2.38. The number of methoxy groups -OCH3 is 1. The molecule has 8 heteroatoms. The molecule has 3 rings (SSSR count). The summed E-state index contributed by atoms with van der Waals surface area (Å²) < 4.78 is 11.1. The maximum absolute atomic E-state index is 11.7. The molecule has 1 fully saturated rings. The average molecular weight is 410 g/mol. The minimum atomic E-state index is -0.432. The summed E-state index contributed by atoms with van der Waals surface area (Å²) in [5.74, 6) is 0.386. The topological polar surface area (TPSA) is 64.6 Å². The van der Waals surface area contributed by atoms with E-state index in [2.05, 4.69) is 5.32 Å². The number of amides is 2. The predicted molar refractivity (Wildman–Crippen MR) is 103 cm³/mol. The molecule has 1 N–H and O–H groups in total. The normalized spacial score (nSPS) is 15.3. The van der Waals surface area contributed by atoms with Crippen LogP contribution in [0.15, 0.2) is 41.3 Å². The Morgan fingerprint density at radius 2 is 1.88 bits per heavy atom. The number of hydrogen-bond donors (Lipinski definition) is 1. The first-order valence-corrected chi connectivity index (χ1v) is 9.03. The molecule has 134 valence electrons. The second-order valence-electron chi connectivity index (χ2n) is 5.30. The number of carbonyl (C=O) groups is 2. The van der Waals surface area contributed by atoms with Crippen molar-refractivity contribution in [3.05, 3.63) is 62.5 Å². The molecule has 0 bridgehead atoms. The van der Waals surface area contributed by atoms with Crippen LogP contribution in [0.25, 0.3) is 6.08 Å². The van der Waals surface area contributed by atoms with Crippen LogP contribution >= 0.6 is 35.0 Å². The van der Waals surface area contributed by atoms with Crippen LogP contribution in [-0.2, 0) is 11.4 Å². The summed E-state index contributed by atoms with van der Waals surface area (Å²) in [6, 6.07) is 10.6. The second-order valence-corrected chi connectivity index (χ2v) is 7.16. The van der Waals surface area contributed by atoms with Crippen molar-refractivity contribution >= 4 is 52.2 Å². The second kappa shape index (κ2) is 8.03. The molecule has 1 aliphatic heterocycles. The van der Waals surface area contributed by atoms with E-state index in [4.69, 9.17) is 32.7 Å². The lowest BCUT2D eigenvalue weighted by molar-refractivity contribution is -0.115. The van der Waals surface area contributed by atoms with Gasteiger partial charge in [0.15, 0.2) is 11.5 Å². The van der Waals surface area contributed by atoms with Crippen molar-refractivity contribution in [3.8, 4) is 11.5 Å². The van der Waals surface area contributed by atoms with Crippen molar-refractivity contribution in [3.63, 3.8) is 0 Å². The number of ether oxygens (including phenoxy) is 2. The Morgan fingerprint density at radius 1 is 1.15 bits per heavy atom. The van der Waals surface area contributed by atoms with Crippen molar-refractivity contribution in [1.29, 1.82) is 0 Å². The molecule has 0 aromatic heterocycles. The van der Waals surface area contributed by atoms with Crippen molar-refractivity contribution in [2.24, 2.45) is 0 Å². The summed E-state index contributed by atoms with van der Waals surface area (Å²) in [6.45, 7) is 0.292. The molecule has 1 aliphatic rings. The largest absolute Gasteiger partial charge is 0.493 e. The minimum absolute atomic E-state index is 0.292. The summed E-state index contributed by atoms with van der Waals surface area (Å²) >= 11 is 13.0. The SMILES string of the molecule is COc1cc(/C=C2\SC(=O)NC2=O)cc(Cl)c1OCc1ccc(Cl)cc1. The number of imide groups is 1. The third-order valence-corrected chi connectivity index (χ3v) is 4.83. The fraction of sp³-hybridized carbons (Fsp3) is 0.111.